The molecule has 0 spiro atoms. The van der Waals surface area contributed by atoms with Gasteiger partial charge >= 0.3 is 0 Å². The predicted molar refractivity (Wildman–Crippen MR) is 112 cm³/mol. The second-order valence-corrected chi connectivity index (χ2v) is 7.54. The van der Waals surface area contributed by atoms with Crippen LogP contribution in [0.4, 0.5) is 0 Å². The molecule has 0 saturated carbocycles. The van der Waals surface area contributed by atoms with E-state index in [2.05, 4.69) is 39.2 Å². The van der Waals surface area contributed by atoms with E-state index in [1.54, 1.807) is 18.5 Å². The zero-order valence-electron chi connectivity index (χ0n) is 15.8. The molecule has 1 aromatic carbocycles. The van der Waals surface area contributed by atoms with Gasteiger partial charge in [-0.15, -0.1) is 16.8 Å². The molecule has 0 aliphatic rings. The van der Waals surface area contributed by atoms with Crippen molar-refractivity contribution in [1.82, 2.24) is 25.1 Å². The van der Waals surface area contributed by atoms with Crippen molar-refractivity contribution in [3.8, 4) is 11.4 Å². The van der Waals surface area contributed by atoms with Crippen molar-refractivity contribution in [2.75, 3.05) is 6.54 Å². The standard InChI is InChI=1S/C21H23N5OS/c1-3-15-26-19(18-10-12-22-13-11-18)24-25-21(26)28-16(2)20(27)23-14-9-17-7-5-4-6-8-17/h3-8,10-13,16H,1,9,14-15H2,2H3,(H,23,27)/t16-/m0/s1. The van der Waals surface area contributed by atoms with E-state index in [0.717, 1.165) is 17.8 Å². The van der Waals surface area contributed by atoms with Crippen molar-refractivity contribution in [3.63, 3.8) is 0 Å². The van der Waals surface area contributed by atoms with Crippen molar-refractivity contribution in [2.45, 2.75) is 30.3 Å². The lowest BCUT2D eigenvalue weighted by atomic mass is 10.1. The van der Waals surface area contributed by atoms with Gasteiger partial charge in [-0.25, -0.2) is 0 Å². The topological polar surface area (TPSA) is 72.7 Å². The SMILES string of the molecule is C=CCn1c(S[C@@H](C)C(=O)NCCc2ccccc2)nnc1-c1ccncc1. The molecule has 0 aliphatic heterocycles. The minimum atomic E-state index is -0.283. The second kappa shape index (κ2) is 9.85. The first-order valence-electron chi connectivity index (χ1n) is 9.12. The molecular weight excluding hydrogens is 370 g/mol. The van der Waals surface area contributed by atoms with Crippen LogP contribution in [0.2, 0.25) is 0 Å². The number of carbonyl (C=O) groups excluding carboxylic acids is 1. The number of thioether (sulfide) groups is 1. The van der Waals surface area contributed by atoms with Crippen LogP contribution in [0.25, 0.3) is 11.4 Å². The van der Waals surface area contributed by atoms with Gasteiger partial charge in [0.1, 0.15) is 0 Å². The van der Waals surface area contributed by atoms with Gasteiger partial charge in [-0.1, -0.05) is 48.2 Å². The highest BCUT2D eigenvalue weighted by Crippen LogP contribution is 2.26. The zero-order valence-corrected chi connectivity index (χ0v) is 16.6. The van der Waals surface area contributed by atoms with Crippen LogP contribution >= 0.6 is 11.8 Å². The summed E-state index contributed by atoms with van der Waals surface area (Å²) in [4.78, 5) is 16.5. The Bertz CT molecular complexity index is 911. The molecule has 0 bridgehead atoms. The molecule has 2 aromatic heterocycles. The minimum Gasteiger partial charge on any atom is -0.355 e. The fraction of sp³-hybridized carbons (Fsp3) is 0.238. The van der Waals surface area contributed by atoms with Crippen LogP contribution in [0.1, 0.15) is 12.5 Å². The smallest absolute Gasteiger partial charge is 0.233 e. The van der Waals surface area contributed by atoms with Crippen LogP contribution in [-0.2, 0) is 17.8 Å². The Morgan fingerprint density at radius 1 is 1.21 bits per heavy atom. The van der Waals surface area contributed by atoms with Gasteiger partial charge in [-0.3, -0.25) is 14.3 Å². The molecule has 3 aromatic rings. The summed E-state index contributed by atoms with van der Waals surface area (Å²) in [5.74, 6) is 0.723. The summed E-state index contributed by atoms with van der Waals surface area (Å²) in [5.41, 5.74) is 2.13. The Hall–Kier alpha value is -2.93. The van der Waals surface area contributed by atoms with Crippen molar-refractivity contribution in [1.29, 1.82) is 0 Å². The fourth-order valence-electron chi connectivity index (χ4n) is 2.71. The second-order valence-electron chi connectivity index (χ2n) is 6.23. The maximum absolute atomic E-state index is 12.5. The molecule has 0 radical (unpaired) electrons. The number of nitrogens with one attached hydrogen (secondary N) is 1. The first-order valence-corrected chi connectivity index (χ1v) is 9.99. The van der Waals surface area contributed by atoms with Gasteiger partial charge in [-0.2, -0.15) is 0 Å². The van der Waals surface area contributed by atoms with Gasteiger partial charge in [0.05, 0.1) is 5.25 Å². The molecule has 0 aliphatic carbocycles. The highest BCUT2D eigenvalue weighted by molar-refractivity contribution is 8.00. The number of nitrogens with zero attached hydrogens (tertiary/aromatic N) is 4. The summed E-state index contributed by atoms with van der Waals surface area (Å²) in [6.07, 6.45) is 6.04. The van der Waals surface area contributed by atoms with E-state index in [-0.39, 0.29) is 11.2 Å². The number of pyridine rings is 1. The molecule has 0 unspecified atom stereocenters. The van der Waals surface area contributed by atoms with E-state index in [1.165, 1.54) is 17.3 Å². The number of hydrogen-bond donors (Lipinski definition) is 1. The molecule has 1 amide bonds. The summed E-state index contributed by atoms with van der Waals surface area (Å²) in [5, 5.41) is 12.0. The third-order valence-electron chi connectivity index (χ3n) is 4.17. The van der Waals surface area contributed by atoms with Crippen LogP contribution < -0.4 is 5.32 Å². The number of benzene rings is 1. The molecule has 6 nitrogen and oxygen atoms in total. The van der Waals surface area contributed by atoms with E-state index in [0.29, 0.717) is 18.2 Å². The lowest BCUT2D eigenvalue weighted by Gasteiger charge is -2.13. The van der Waals surface area contributed by atoms with E-state index in [4.69, 9.17) is 0 Å². The maximum atomic E-state index is 12.5. The van der Waals surface area contributed by atoms with Crippen LogP contribution in [0, 0.1) is 0 Å². The number of amides is 1. The van der Waals surface area contributed by atoms with E-state index in [9.17, 15) is 4.79 Å². The Morgan fingerprint density at radius 2 is 1.96 bits per heavy atom. The van der Waals surface area contributed by atoms with E-state index < -0.39 is 0 Å². The van der Waals surface area contributed by atoms with Crippen LogP contribution in [-0.4, -0.2) is 37.5 Å². The molecule has 1 atom stereocenters. The quantitative estimate of drug-likeness (QED) is 0.446. The maximum Gasteiger partial charge on any atom is 0.233 e. The Morgan fingerprint density at radius 3 is 2.68 bits per heavy atom. The molecule has 0 fully saturated rings. The normalized spacial score (nSPS) is 11.8. The van der Waals surface area contributed by atoms with E-state index in [1.807, 2.05) is 41.8 Å². The monoisotopic (exact) mass is 393 g/mol. The van der Waals surface area contributed by atoms with Crippen LogP contribution in [0.15, 0.2) is 72.7 Å². The molecule has 0 saturated heterocycles. The van der Waals surface area contributed by atoms with Crippen molar-refractivity contribution in [2.24, 2.45) is 0 Å². The number of rotatable bonds is 9. The van der Waals surface area contributed by atoms with Crippen LogP contribution in [0.3, 0.4) is 0 Å². The Balaban J connectivity index is 1.63. The number of aromatic nitrogens is 4. The van der Waals surface area contributed by atoms with E-state index >= 15 is 0 Å². The Labute approximate surface area is 169 Å². The van der Waals surface area contributed by atoms with Gasteiger partial charge in [0.15, 0.2) is 11.0 Å². The van der Waals surface area contributed by atoms with Crippen LogP contribution in [0.5, 0.6) is 0 Å². The van der Waals surface area contributed by atoms with Crippen molar-refractivity contribution < 1.29 is 4.79 Å². The number of allylic oxidation sites excluding steroid dienone is 1. The van der Waals surface area contributed by atoms with Gasteiger partial charge in [0, 0.05) is 31.0 Å². The minimum absolute atomic E-state index is 0.0143. The molecule has 3 rings (SSSR count). The third-order valence-corrected chi connectivity index (χ3v) is 5.25. The Kier molecular flexibility index (Phi) is 6.97. The van der Waals surface area contributed by atoms with Crippen molar-refractivity contribution >= 4 is 17.7 Å². The average Bonchev–Trinajstić information content (AvgIpc) is 3.12. The average molecular weight is 394 g/mol. The molecule has 2 heterocycles. The summed E-state index contributed by atoms with van der Waals surface area (Å²) >= 11 is 1.39. The molecular formula is C21H23N5OS. The summed E-state index contributed by atoms with van der Waals surface area (Å²) < 4.78 is 1.96. The van der Waals surface area contributed by atoms with Gasteiger partial charge in [0.2, 0.25) is 5.91 Å². The molecule has 28 heavy (non-hydrogen) atoms. The molecule has 1 N–H and O–H groups in total. The zero-order chi connectivity index (χ0) is 19.8. The summed E-state index contributed by atoms with van der Waals surface area (Å²) in [6, 6.07) is 13.9. The van der Waals surface area contributed by atoms with Gasteiger partial charge in [0.25, 0.3) is 0 Å². The summed E-state index contributed by atoms with van der Waals surface area (Å²) in [6.45, 7) is 6.87. The van der Waals surface area contributed by atoms with Gasteiger partial charge in [-0.05, 0) is 31.0 Å². The fourth-order valence-corrected chi connectivity index (χ4v) is 3.60. The number of carbonyl (C=O) groups is 1. The highest BCUT2D eigenvalue weighted by atomic mass is 32.2. The summed E-state index contributed by atoms with van der Waals surface area (Å²) in [7, 11) is 0. The van der Waals surface area contributed by atoms with Crippen molar-refractivity contribution in [3.05, 3.63) is 73.1 Å². The molecule has 144 valence electrons. The number of hydrogen-bond acceptors (Lipinski definition) is 5. The predicted octanol–water partition coefficient (Wildman–Crippen LogP) is 3.37. The third kappa shape index (κ3) is 5.07. The first-order chi connectivity index (χ1) is 13.7. The lowest BCUT2D eigenvalue weighted by Crippen LogP contribution is -2.32. The highest BCUT2D eigenvalue weighted by Gasteiger charge is 2.20. The van der Waals surface area contributed by atoms with Gasteiger partial charge < -0.3 is 5.32 Å². The molecule has 7 heteroatoms. The lowest BCUT2D eigenvalue weighted by molar-refractivity contribution is -0.120. The first kappa shape index (κ1) is 19.8. The largest absolute Gasteiger partial charge is 0.355 e.